The number of hydrogen-bond donors (Lipinski definition) is 0. The summed E-state index contributed by atoms with van der Waals surface area (Å²) in [5.74, 6) is 1.64. The Bertz CT molecular complexity index is 823. The number of anilines is 1. The van der Waals surface area contributed by atoms with E-state index in [1.807, 2.05) is 30.3 Å². The fraction of sp³-hybridized carbons (Fsp3) is 0.368. The number of rotatable bonds is 6. The number of methoxy groups -OCH3 is 2. The predicted molar refractivity (Wildman–Crippen MR) is 108 cm³/mol. The lowest BCUT2D eigenvalue weighted by atomic mass is 10.1. The van der Waals surface area contributed by atoms with Crippen LogP contribution in [0.4, 0.5) is 11.4 Å². The highest BCUT2D eigenvalue weighted by Gasteiger charge is 2.24. The number of nitrogens with zero attached hydrogens (tertiary/aromatic N) is 3. The molecule has 3 rings (SSSR count). The highest BCUT2D eigenvalue weighted by Crippen LogP contribution is 2.32. The Kier molecular flexibility index (Phi) is 6.18. The topological polar surface area (TPSA) is 68.1 Å². The van der Waals surface area contributed by atoms with Crippen LogP contribution in [0.25, 0.3) is 0 Å². The number of halogens is 1. The van der Waals surface area contributed by atoms with Crippen molar-refractivity contribution < 1.29 is 14.4 Å². The van der Waals surface area contributed by atoms with Gasteiger partial charge in [0.15, 0.2) is 0 Å². The summed E-state index contributed by atoms with van der Waals surface area (Å²) in [6, 6.07) is 11.0. The number of nitro groups is 1. The maximum Gasteiger partial charge on any atom is 0.293 e. The van der Waals surface area contributed by atoms with E-state index in [1.165, 1.54) is 0 Å². The average Bonchev–Trinajstić information content (AvgIpc) is 2.68. The normalized spacial score (nSPS) is 14.9. The molecule has 27 heavy (non-hydrogen) atoms. The first-order valence-corrected chi connectivity index (χ1v) is 9.43. The molecule has 0 saturated carbocycles. The van der Waals surface area contributed by atoms with Gasteiger partial charge in [-0.2, -0.15) is 0 Å². The van der Waals surface area contributed by atoms with Crippen molar-refractivity contribution in [2.45, 2.75) is 6.54 Å². The summed E-state index contributed by atoms with van der Waals surface area (Å²) in [5, 5.41) is 11.4. The third kappa shape index (κ3) is 4.51. The molecule has 8 heteroatoms. The molecule has 1 aliphatic rings. The first-order valence-electron chi connectivity index (χ1n) is 8.64. The van der Waals surface area contributed by atoms with E-state index >= 15 is 0 Å². The molecule has 0 atom stereocenters. The molecule has 1 heterocycles. The monoisotopic (exact) mass is 435 g/mol. The van der Waals surface area contributed by atoms with Gasteiger partial charge < -0.3 is 14.4 Å². The average molecular weight is 436 g/mol. The molecule has 7 nitrogen and oxygen atoms in total. The maximum absolute atomic E-state index is 11.4. The molecule has 0 radical (unpaired) electrons. The number of benzene rings is 2. The third-order valence-electron chi connectivity index (χ3n) is 4.73. The second kappa shape index (κ2) is 8.58. The van der Waals surface area contributed by atoms with Gasteiger partial charge in [-0.05, 0) is 30.3 Å². The van der Waals surface area contributed by atoms with Crippen molar-refractivity contribution in [2.24, 2.45) is 0 Å². The van der Waals surface area contributed by atoms with Gasteiger partial charge >= 0.3 is 0 Å². The van der Waals surface area contributed by atoms with Gasteiger partial charge in [-0.1, -0.05) is 15.9 Å². The minimum Gasteiger partial charge on any atom is -0.497 e. The lowest BCUT2D eigenvalue weighted by molar-refractivity contribution is -0.384. The quantitative estimate of drug-likeness (QED) is 0.508. The molecule has 0 bridgehead atoms. The highest BCUT2D eigenvalue weighted by molar-refractivity contribution is 9.10. The van der Waals surface area contributed by atoms with E-state index in [1.54, 1.807) is 20.3 Å². The van der Waals surface area contributed by atoms with E-state index in [9.17, 15) is 10.1 Å². The Morgan fingerprint density at radius 1 is 1.07 bits per heavy atom. The van der Waals surface area contributed by atoms with Crippen LogP contribution in [0, 0.1) is 10.1 Å². The van der Waals surface area contributed by atoms with Crippen LogP contribution >= 0.6 is 15.9 Å². The summed E-state index contributed by atoms with van der Waals surface area (Å²) >= 11 is 3.31. The molecule has 0 aromatic heterocycles. The number of piperazine rings is 1. The Morgan fingerprint density at radius 2 is 1.81 bits per heavy atom. The van der Waals surface area contributed by atoms with Gasteiger partial charge in [-0.25, -0.2) is 0 Å². The smallest absolute Gasteiger partial charge is 0.293 e. The lowest BCUT2D eigenvalue weighted by Crippen LogP contribution is -2.46. The van der Waals surface area contributed by atoms with Crippen LogP contribution in [0.2, 0.25) is 0 Å². The largest absolute Gasteiger partial charge is 0.497 e. The van der Waals surface area contributed by atoms with Gasteiger partial charge in [-0.3, -0.25) is 15.0 Å². The van der Waals surface area contributed by atoms with E-state index in [0.29, 0.717) is 10.2 Å². The summed E-state index contributed by atoms with van der Waals surface area (Å²) in [6.45, 7) is 3.83. The SMILES string of the molecule is COc1ccc(OC)c(CN2CCN(c3ccc(Br)cc3[N+](=O)[O-])CC2)c1. The fourth-order valence-corrected chi connectivity index (χ4v) is 3.65. The molecule has 0 spiro atoms. The second-order valence-electron chi connectivity index (χ2n) is 6.33. The summed E-state index contributed by atoms with van der Waals surface area (Å²) in [4.78, 5) is 15.4. The van der Waals surface area contributed by atoms with E-state index in [4.69, 9.17) is 9.47 Å². The first-order chi connectivity index (χ1) is 13.0. The Hall–Kier alpha value is -2.32. The van der Waals surface area contributed by atoms with Crippen LogP contribution in [0.5, 0.6) is 11.5 Å². The Morgan fingerprint density at radius 3 is 2.44 bits per heavy atom. The van der Waals surface area contributed by atoms with Gasteiger partial charge in [0, 0.05) is 48.8 Å². The molecule has 0 amide bonds. The zero-order chi connectivity index (χ0) is 19.4. The molecule has 2 aromatic carbocycles. The predicted octanol–water partition coefficient (Wildman–Crippen LogP) is 3.70. The molecular formula is C19H22BrN3O4. The minimum atomic E-state index is -0.326. The van der Waals surface area contributed by atoms with Crippen LogP contribution in [-0.2, 0) is 6.54 Å². The first kappa shape index (κ1) is 19.4. The minimum absolute atomic E-state index is 0.132. The van der Waals surface area contributed by atoms with Crippen LogP contribution < -0.4 is 14.4 Å². The molecular weight excluding hydrogens is 414 g/mol. The van der Waals surface area contributed by atoms with Gasteiger partial charge in [0.05, 0.1) is 19.1 Å². The van der Waals surface area contributed by atoms with E-state index < -0.39 is 0 Å². The summed E-state index contributed by atoms with van der Waals surface area (Å²) in [6.07, 6.45) is 0. The molecule has 1 saturated heterocycles. The van der Waals surface area contributed by atoms with Crippen molar-refractivity contribution in [3.05, 3.63) is 56.5 Å². The summed E-state index contributed by atoms with van der Waals surface area (Å²) < 4.78 is 11.5. The van der Waals surface area contributed by atoms with E-state index in [-0.39, 0.29) is 10.6 Å². The van der Waals surface area contributed by atoms with Crippen molar-refractivity contribution in [1.82, 2.24) is 4.90 Å². The molecule has 144 valence electrons. The molecule has 0 N–H and O–H groups in total. The Labute approximate surface area is 166 Å². The zero-order valence-corrected chi connectivity index (χ0v) is 16.9. The molecule has 1 fully saturated rings. The van der Waals surface area contributed by atoms with Crippen molar-refractivity contribution in [1.29, 1.82) is 0 Å². The van der Waals surface area contributed by atoms with Gasteiger partial charge in [0.1, 0.15) is 17.2 Å². The summed E-state index contributed by atoms with van der Waals surface area (Å²) in [7, 11) is 3.31. The summed E-state index contributed by atoms with van der Waals surface area (Å²) in [5.41, 5.74) is 1.87. The van der Waals surface area contributed by atoms with E-state index in [0.717, 1.165) is 49.8 Å². The molecule has 0 unspecified atom stereocenters. The second-order valence-corrected chi connectivity index (χ2v) is 7.25. The lowest BCUT2D eigenvalue weighted by Gasteiger charge is -2.36. The van der Waals surface area contributed by atoms with Crippen LogP contribution in [0.15, 0.2) is 40.9 Å². The van der Waals surface area contributed by atoms with Crippen molar-refractivity contribution in [3.8, 4) is 11.5 Å². The number of hydrogen-bond acceptors (Lipinski definition) is 6. The van der Waals surface area contributed by atoms with Crippen molar-refractivity contribution >= 4 is 27.3 Å². The van der Waals surface area contributed by atoms with Gasteiger partial charge in [-0.15, -0.1) is 0 Å². The third-order valence-corrected chi connectivity index (χ3v) is 5.22. The van der Waals surface area contributed by atoms with Gasteiger partial charge in [0.2, 0.25) is 0 Å². The van der Waals surface area contributed by atoms with E-state index in [2.05, 4.69) is 25.7 Å². The maximum atomic E-state index is 11.4. The molecule has 0 aliphatic carbocycles. The van der Waals surface area contributed by atoms with Gasteiger partial charge in [0.25, 0.3) is 5.69 Å². The molecule has 1 aliphatic heterocycles. The number of nitro benzene ring substituents is 1. The Balaban J connectivity index is 1.69. The van der Waals surface area contributed by atoms with Crippen LogP contribution in [0.1, 0.15) is 5.56 Å². The standard InChI is InChI=1S/C19H22BrN3O4/c1-26-16-4-6-19(27-2)14(11-16)13-21-7-9-22(10-8-21)17-5-3-15(20)12-18(17)23(24)25/h3-6,11-12H,7-10,13H2,1-2H3. The molecule has 2 aromatic rings. The van der Waals surface area contributed by atoms with Crippen LogP contribution in [0.3, 0.4) is 0 Å². The fourth-order valence-electron chi connectivity index (χ4n) is 3.30. The zero-order valence-electron chi connectivity index (χ0n) is 15.4. The highest BCUT2D eigenvalue weighted by atomic mass is 79.9. The number of ether oxygens (including phenoxy) is 2. The van der Waals surface area contributed by atoms with Crippen molar-refractivity contribution in [3.63, 3.8) is 0 Å². The van der Waals surface area contributed by atoms with Crippen molar-refractivity contribution in [2.75, 3.05) is 45.3 Å². The van der Waals surface area contributed by atoms with Crippen LogP contribution in [-0.4, -0.2) is 50.2 Å².